The number of carbonyl (C=O) groups excluding carboxylic acids is 2. The van der Waals surface area contributed by atoms with E-state index < -0.39 is 6.61 Å². The molecule has 1 saturated heterocycles. The number of hydrogen-bond donors (Lipinski definition) is 1. The van der Waals surface area contributed by atoms with Crippen LogP contribution in [0.3, 0.4) is 0 Å². The van der Waals surface area contributed by atoms with Crippen LogP contribution < -0.4 is 10.1 Å². The Bertz CT molecular complexity index is 849. The highest BCUT2D eigenvalue weighted by Gasteiger charge is 2.28. The largest absolute Gasteiger partial charge is 0.435 e. The Hall–Kier alpha value is -2.52. The lowest BCUT2D eigenvalue weighted by atomic mass is 10.2. The standard InChI is InChI=1S/C20H23F2N3O3S/c1-13-3-8-17(29-13)19(27)25-11-9-24(10-12-25)14(2)18(26)23-15-4-6-16(7-5-15)28-20(21)22/h3-8,14,20H,9-12H2,1-2H3,(H,23,26). The van der Waals surface area contributed by atoms with E-state index in [-0.39, 0.29) is 23.6 Å². The first-order chi connectivity index (χ1) is 13.8. The molecule has 2 aromatic rings. The van der Waals surface area contributed by atoms with Crippen molar-refractivity contribution in [3.63, 3.8) is 0 Å². The molecule has 3 rings (SSSR count). The van der Waals surface area contributed by atoms with Gasteiger partial charge in [-0.2, -0.15) is 8.78 Å². The second-order valence-corrected chi connectivity index (χ2v) is 8.09. The fourth-order valence-electron chi connectivity index (χ4n) is 3.15. The molecular weight excluding hydrogens is 400 g/mol. The quantitative estimate of drug-likeness (QED) is 0.773. The summed E-state index contributed by atoms with van der Waals surface area (Å²) in [4.78, 5) is 30.7. The van der Waals surface area contributed by atoms with Gasteiger partial charge in [0.1, 0.15) is 5.75 Å². The van der Waals surface area contributed by atoms with E-state index in [0.29, 0.717) is 31.9 Å². The van der Waals surface area contributed by atoms with Gasteiger partial charge < -0.3 is 15.0 Å². The Morgan fingerprint density at radius 2 is 1.72 bits per heavy atom. The SMILES string of the molecule is Cc1ccc(C(=O)N2CCN(C(C)C(=O)Nc3ccc(OC(F)F)cc3)CC2)s1. The number of carbonyl (C=O) groups is 2. The van der Waals surface area contributed by atoms with Crippen molar-refractivity contribution < 1.29 is 23.1 Å². The van der Waals surface area contributed by atoms with Gasteiger partial charge in [0.25, 0.3) is 5.91 Å². The maximum atomic E-state index is 12.5. The fourth-order valence-corrected chi connectivity index (χ4v) is 3.99. The average Bonchev–Trinajstić information content (AvgIpc) is 3.14. The van der Waals surface area contributed by atoms with Crippen molar-refractivity contribution in [3.05, 3.63) is 46.2 Å². The van der Waals surface area contributed by atoms with Crippen LogP contribution in [0.1, 0.15) is 21.5 Å². The Morgan fingerprint density at radius 3 is 2.28 bits per heavy atom. The molecule has 1 aliphatic rings. The molecule has 1 aromatic heterocycles. The molecule has 2 amide bonds. The summed E-state index contributed by atoms with van der Waals surface area (Å²) in [6, 6.07) is 9.19. The second kappa shape index (κ2) is 9.32. The van der Waals surface area contributed by atoms with Crippen LogP contribution >= 0.6 is 11.3 Å². The number of thiophene rings is 1. The van der Waals surface area contributed by atoms with Gasteiger partial charge in [-0.15, -0.1) is 11.3 Å². The zero-order valence-corrected chi connectivity index (χ0v) is 17.0. The number of amides is 2. The highest BCUT2D eigenvalue weighted by molar-refractivity contribution is 7.13. The maximum Gasteiger partial charge on any atom is 0.387 e. The average molecular weight is 423 g/mol. The third-order valence-corrected chi connectivity index (χ3v) is 5.82. The summed E-state index contributed by atoms with van der Waals surface area (Å²) in [6.45, 7) is 3.23. The van der Waals surface area contributed by atoms with E-state index in [0.717, 1.165) is 9.75 Å². The van der Waals surface area contributed by atoms with Crippen LogP contribution in [0.2, 0.25) is 0 Å². The van der Waals surface area contributed by atoms with E-state index in [1.165, 1.54) is 35.6 Å². The Kier molecular flexibility index (Phi) is 6.81. The molecule has 1 fully saturated rings. The Morgan fingerprint density at radius 1 is 1.07 bits per heavy atom. The van der Waals surface area contributed by atoms with E-state index in [1.54, 1.807) is 0 Å². The number of nitrogens with zero attached hydrogens (tertiary/aromatic N) is 2. The molecule has 156 valence electrons. The molecule has 9 heteroatoms. The number of hydrogen-bond acceptors (Lipinski definition) is 5. The molecule has 1 atom stereocenters. The molecule has 0 aliphatic carbocycles. The monoisotopic (exact) mass is 423 g/mol. The van der Waals surface area contributed by atoms with Crippen LogP contribution in [-0.4, -0.2) is 60.4 Å². The first-order valence-corrected chi connectivity index (χ1v) is 10.1. The Labute approximate surface area is 172 Å². The van der Waals surface area contributed by atoms with E-state index in [1.807, 2.05) is 35.8 Å². The van der Waals surface area contributed by atoms with E-state index in [9.17, 15) is 18.4 Å². The first kappa shape index (κ1) is 21.2. The summed E-state index contributed by atoms with van der Waals surface area (Å²) in [5.74, 6) is -0.125. The number of rotatable bonds is 6. The van der Waals surface area contributed by atoms with E-state index in [2.05, 4.69) is 10.1 Å². The number of piperazine rings is 1. The third-order valence-electron chi connectivity index (χ3n) is 4.83. The second-order valence-electron chi connectivity index (χ2n) is 6.81. The highest BCUT2D eigenvalue weighted by Crippen LogP contribution is 2.20. The van der Waals surface area contributed by atoms with Gasteiger partial charge in [-0.3, -0.25) is 14.5 Å². The predicted molar refractivity (Wildman–Crippen MR) is 108 cm³/mol. The van der Waals surface area contributed by atoms with Crippen molar-refractivity contribution in [1.29, 1.82) is 0 Å². The molecular formula is C20H23F2N3O3S. The van der Waals surface area contributed by atoms with Crippen molar-refractivity contribution in [2.45, 2.75) is 26.5 Å². The lowest BCUT2D eigenvalue weighted by Crippen LogP contribution is -2.53. The molecule has 29 heavy (non-hydrogen) atoms. The molecule has 2 heterocycles. The van der Waals surface area contributed by atoms with Crippen LogP contribution in [0.25, 0.3) is 0 Å². The van der Waals surface area contributed by atoms with Crippen LogP contribution in [-0.2, 0) is 4.79 Å². The minimum absolute atomic E-state index is 0.0333. The Balaban J connectivity index is 1.50. The minimum atomic E-state index is -2.88. The van der Waals surface area contributed by atoms with Gasteiger partial charge in [-0.25, -0.2) is 0 Å². The van der Waals surface area contributed by atoms with Crippen molar-refractivity contribution in [1.82, 2.24) is 9.80 Å². The predicted octanol–water partition coefficient (Wildman–Crippen LogP) is 3.44. The van der Waals surface area contributed by atoms with Crippen molar-refractivity contribution >= 4 is 28.8 Å². The molecule has 0 radical (unpaired) electrons. The summed E-state index contributed by atoms with van der Waals surface area (Å²) in [5.41, 5.74) is 0.505. The normalized spacial score (nSPS) is 16.0. The summed E-state index contributed by atoms with van der Waals surface area (Å²) >= 11 is 1.49. The van der Waals surface area contributed by atoms with Gasteiger partial charge >= 0.3 is 6.61 Å². The first-order valence-electron chi connectivity index (χ1n) is 9.29. The number of alkyl halides is 2. The molecule has 1 unspecified atom stereocenters. The summed E-state index contributed by atoms with van der Waals surface area (Å²) in [5, 5.41) is 2.78. The van der Waals surface area contributed by atoms with Gasteiger partial charge in [0.15, 0.2) is 0 Å². The van der Waals surface area contributed by atoms with Crippen LogP contribution in [0.4, 0.5) is 14.5 Å². The van der Waals surface area contributed by atoms with Crippen LogP contribution in [0.15, 0.2) is 36.4 Å². The minimum Gasteiger partial charge on any atom is -0.435 e. The lowest BCUT2D eigenvalue weighted by molar-refractivity contribution is -0.121. The number of anilines is 1. The van der Waals surface area contributed by atoms with Crippen LogP contribution in [0.5, 0.6) is 5.75 Å². The molecule has 0 bridgehead atoms. The number of halogens is 2. The van der Waals surface area contributed by atoms with Gasteiger partial charge in [0, 0.05) is 36.7 Å². The molecule has 6 nitrogen and oxygen atoms in total. The topological polar surface area (TPSA) is 61.9 Å². The number of benzene rings is 1. The smallest absolute Gasteiger partial charge is 0.387 e. The van der Waals surface area contributed by atoms with Gasteiger partial charge in [-0.05, 0) is 50.2 Å². The number of ether oxygens (including phenoxy) is 1. The molecule has 0 spiro atoms. The zero-order valence-electron chi connectivity index (χ0n) is 16.2. The number of nitrogens with one attached hydrogen (secondary N) is 1. The lowest BCUT2D eigenvalue weighted by Gasteiger charge is -2.37. The van der Waals surface area contributed by atoms with E-state index >= 15 is 0 Å². The fraction of sp³-hybridized carbons (Fsp3) is 0.400. The van der Waals surface area contributed by atoms with E-state index in [4.69, 9.17) is 0 Å². The summed E-state index contributed by atoms with van der Waals surface area (Å²) in [7, 11) is 0. The van der Waals surface area contributed by atoms with Gasteiger partial charge in [0.2, 0.25) is 5.91 Å². The summed E-state index contributed by atoms with van der Waals surface area (Å²) < 4.78 is 28.7. The highest BCUT2D eigenvalue weighted by atomic mass is 32.1. The van der Waals surface area contributed by atoms with Crippen molar-refractivity contribution in [2.24, 2.45) is 0 Å². The van der Waals surface area contributed by atoms with Crippen molar-refractivity contribution in [2.75, 3.05) is 31.5 Å². The third kappa shape index (κ3) is 5.51. The van der Waals surface area contributed by atoms with Crippen molar-refractivity contribution in [3.8, 4) is 5.75 Å². The summed E-state index contributed by atoms with van der Waals surface area (Å²) in [6.07, 6.45) is 0. The molecule has 0 saturated carbocycles. The molecule has 1 N–H and O–H groups in total. The maximum absolute atomic E-state index is 12.5. The van der Waals surface area contributed by atoms with Crippen LogP contribution in [0, 0.1) is 6.92 Å². The molecule has 1 aliphatic heterocycles. The van der Waals surface area contributed by atoms with Gasteiger partial charge in [0.05, 0.1) is 10.9 Å². The van der Waals surface area contributed by atoms with Gasteiger partial charge in [-0.1, -0.05) is 0 Å². The zero-order chi connectivity index (χ0) is 21.0. The molecule has 1 aromatic carbocycles. The number of aryl methyl sites for hydroxylation is 1.